The summed E-state index contributed by atoms with van der Waals surface area (Å²) in [4.78, 5) is 29.8. The van der Waals surface area contributed by atoms with Crippen molar-refractivity contribution in [2.45, 2.75) is 38.1 Å². The number of carboxylic acid groups (broad SMARTS) is 1. The minimum absolute atomic E-state index is 0.0202. The molecule has 1 aromatic heterocycles. The van der Waals surface area contributed by atoms with E-state index in [9.17, 15) is 9.59 Å². The van der Waals surface area contributed by atoms with E-state index in [4.69, 9.17) is 5.11 Å². The molecule has 1 saturated heterocycles. The smallest absolute Gasteiger partial charge is 0.303 e. The highest BCUT2D eigenvalue weighted by molar-refractivity contribution is 5.97. The van der Waals surface area contributed by atoms with Crippen LogP contribution in [0.1, 0.15) is 42.5 Å². The Bertz CT molecular complexity index is 738. The molecule has 122 valence electrons. The van der Waals surface area contributed by atoms with Crippen molar-refractivity contribution in [1.29, 1.82) is 0 Å². The standard InChI is InChI=1S/C17H21N3O3/c1-19-11-18-14-10-12(5-7-15(14)19)17(23)20-9-3-2-4-13(20)6-8-16(21)22/h5,7,10-11,13H,2-4,6,8-9H2,1H3,(H,21,22)/t13-/m1/s1. The summed E-state index contributed by atoms with van der Waals surface area (Å²) in [5.41, 5.74) is 2.42. The Labute approximate surface area is 134 Å². The van der Waals surface area contributed by atoms with Crippen LogP contribution >= 0.6 is 0 Å². The molecule has 0 aliphatic carbocycles. The molecule has 0 spiro atoms. The Morgan fingerprint density at radius 3 is 2.96 bits per heavy atom. The average Bonchev–Trinajstić information content (AvgIpc) is 2.93. The Balaban J connectivity index is 1.81. The van der Waals surface area contributed by atoms with E-state index >= 15 is 0 Å². The molecule has 2 aromatic rings. The van der Waals surface area contributed by atoms with Crippen molar-refractivity contribution in [1.82, 2.24) is 14.5 Å². The Morgan fingerprint density at radius 1 is 1.35 bits per heavy atom. The van der Waals surface area contributed by atoms with Crippen molar-refractivity contribution in [3.8, 4) is 0 Å². The van der Waals surface area contributed by atoms with Gasteiger partial charge in [0.05, 0.1) is 17.4 Å². The van der Waals surface area contributed by atoms with E-state index in [1.54, 1.807) is 6.33 Å². The maximum absolute atomic E-state index is 12.8. The van der Waals surface area contributed by atoms with Gasteiger partial charge in [0, 0.05) is 31.6 Å². The molecule has 1 amide bonds. The number of aliphatic carboxylic acids is 1. The van der Waals surface area contributed by atoms with Gasteiger partial charge in [0.1, 0.15) is 0 Å². The number of piperidine rings is 1. The van der Waals surface area contributed by atoms with E-state index < -0.39 is 5.97 Å². The highest BCUT2D eigenvalue weighted by atomic mass is 16.4. The number of nitrogens with zero attached hydrogens (tertiary/aromatic N) is 3. The molecule has 6 heteroatoms. The summed E-state index contributed by atoms with van der Waals surface area (Å²) in [6.07, 6.45) is 5.26. The number of fused-ring (bicyclic) bond motifs is 1. The lowest BCUT2D eigenvalue weighted by atomic mass is 9.97. The summed E-state index contributed by atoms with van der Waals surface area (Å²) >= 11 is 0. The summed E-state index contributed by atoms with van der Waals surface area (Å²) in [5.74, 6) is -0.828. The molecule has 1 aliphatic heterocycles. The lowest BCUT2D eigenvalue weighted by molar-refractivity contribution is -0.137. The molecule has 0 saturated carbocycles. The molecule has 2 heterocycles. The number of hydrogen-bond acceptors (Lipinski definition) is 3. The number of likely N-dealkylation sites (tertiary alicyclic amines) is 1. The second-order valence-corrected chi connectivity index (χ2v) is 6.14. The first-order valence-electron chi connectivity index (χ1n) is 8.00. The number of rotatable bonds is 4. The lowest BCUT2D eigenvalue weighted by Crippen LogP contribution is -2.44. The van der Waals surface area contributed by atoms with Gasteiger partial charge in [-0.05, 0) is 43.9 Å². The summed E-state index contributed by atoms with van der Waals surface area (Å²) in [5, 5.41) is 8.89. The molecule has 1 fully saturated rings. The van der Waals surface area contributed by atoms with Crippen molar-refractivity contribution in [3.63, 3.8) is 0 Å². The van der Waals surface area contributed by atoms with Crippen molar-refractivity contribution in [2.75, 3.05) is 6.54 Å². The van der Waals surface area contributed by atoms with Crippen LogP contribution in [0.4, 0.5) is 0 Å². The number of carboxylic acids is 1. The molecule has 1 atom stereocenters. The van der Waals surface area contributed by atoms with Crippen LogP contribution in [-0.2, 0) is 11.8 Å². The van der Waals surface area contributed by atoms with E-state index in [1.807, 2.05) is 34.7 Å². The molecule has 1 aromatic carbocycles. The monoisotopic (exact) mass is 315 g/mol. The molecule has 1 aliphatic rings. The van der Waals surface area contributed by atoms with Gasteiger partial charge in [-0.3, -0.25) is 9.59 Å². The van der Waals surface area contributed by atoms with Gasteiger partial charge in [-0.15, -0.1) is 0 Å². The minimum Gasteiger partial charge on any atom is -0.481 e. The van der Waals surface area contributed by atoms with Crippen molar-refractivity contribution >= 4 is 22.9 Å². The minimum atomic E-state index is -0.808. The molecule has 0 bridgehead atoms. The van der Waals surface area contributed by atoms with Gasteiger partial charge in [0.2, 0.25) is 0 Å². The first-order chi connectivity index (χ1) is 11.1. The Kier molecular flexibility index (Phi) is 4.32. The number of carbonyl (C=O) groups excluding carboxylic acids is 1. The van der Waals surface area contributed by atoms with Crippen LogP contribution in [-0.4, -0.2) is 44.0 Å². The zero-order valence-electron chi connectivity index (χ0n) is 13.2. The fourth-order valence-corrected chi connectivity index (χ4v) is 3.29. The van der Waals surface area contributed by atoms with Gasteiger partial charge in [0.15, 0.2) is 0 Å². The molecular weight excluding hydrogens is 294 g/mol. The van der Waals surface area contributed by atoms with E-state index in [1.165, 1.54) is 0 Å². The van der Waals surface area contributed by atoms with Gasteiger partial charge < -0.3 is 14.6 Å². The van der Waals surface area contributed by atoms with E-state index in [-0.39, 0.29) is 18.4 Å². The lowest BCUT2D eigenvalue weighted by Gasteiger charge is -2.35. The van der Waals surface area contributed by atoms with E-state index in [0.29, 0.717) is 18.5 Å². The largest absolute Gasteiger partial charge is 0.481 e. The summed E-state index contributed by atoms with van der Waals surface area (Å²) < 4.78 is 1.92. The van der Waals surface area contributed by atoms with Gasteiger partial charge in [0.25, 0.3) is 5.91 Å². The Hall–Kier alpha value is -2.37. The van der Waals surface area contributed by atoms with Gasteiger partial charge in [-0.1, -0.05) is 0 Å². The van der Waals surface area contributed by atoms with Gasteiger partial charge >= 0.3 is 5.97 Å². The Morgan fingerprint density at radius 2 is 2.17 bits per heavy atom. The second kappa shape index (κ2) is 6.40. The van der Waals surface area contributed by atoms with Crippen molar-refractivity contribution in [2.24, 2.45) is 7.05 Å². The highest BCUT2D eigenvalue weighted by Gasteiger charge is 2.28. The maximum atomic E-state index is 12.8. The number of carbonyl (C=O) groups is 2. The van der Waals surface area contributed by atoms with Crippen LogP contribution in [0.25, 0.3) is 11.0 Å². The molecule has 0 unspecified atom stereocenters. The highest BCUT2D eigenvalue weighted by Crippen LogP contribution is 2.24. The number of benzene rings is 1. The summed E-state index contributed by atoms with van der Waals surface area (Å²) in [6.45, 7) is 0.698. The quantitative estimate of drug-likeness (QED) is 0.940. The summed E-state index contributed by atoms with van der Waals surface area (Å²) in [6, 6.07) is 5.58. The molecule has 3 rings (SSSR count). The SMILES string of the molecule is Cn1cnc2cc(C(=O)N3CCCC[C@@H]3CCC(=O)O)ccc21. The fourth-order valence-electron chi connectivity index (χ4n) is 3.29. The van der Waals surface area contributed by atoms with Gasteiger partial charge in [-0.2, -0.15) is 0 Å². The third kappa shape index (κ3) is 3.21. The predicted octanol–water partition coefficient (Wildman–Crippen LogP) is 2.43. The topological polar surface area (TPSA) is 75.4 Å². The van der Waals surface area contributed by atoms with Crippen LogP contribution in [0.5, 0.6) is 0 Å². The predicted molar refractivity (Wildman–Crippen MR) is 86.3 cm³/mol. The maximum Gasteiger partial charge on any atom is 0.303 e. The van der Waals surface area contributed by atoms with E-state index in [0.717, 1.165) is 30.3 Å². The molecule has 1 N–H and O–H groups in total. The summed E-state index contributed by atoms with van der Waals surface area (Å²) in [7, 11) is 1.92. The van der Waals surface area contributed by atoms with E-state index in [2.05, 4.69) is 4.98 Å². The van der Waals surface area contributed by atoms with Crippen molar-refractivity contribution < 1.29 is 14.7 Å². The normalized spacial score (nSPS) is 18.3. The zero-order chi connectivity index (χ0) is 16.4. The van der Waals surface area contributed by atoms with Crippen LogP contribution in [0.15, 0.2) is 24.5 Å². The average molecular weight is 315 g/mol. The molecule has 23 heavy (non-hydrogen) atoms. The van der Waals surface area contributed by atoms with Crippen LogP contribution in [0.2, 0.25) is 0 Å². The van der Waals surface area contributed by atoms with Crippen LogP contribution in [0, 0.1) is 0 Å². The molecule has 0 radical (unpaired) electrons. The van der Waals surface area contributed by atoms with Gasteiger partial charge in [-0.25, -0.2) is 4.98 Å². The first kappa shape index (κ1) is 15.5. The first-order valence-corrected chi connectivity index (χ1v) is 8.00. The third-order valence-electron chi connectivity index (χ3n) is 4.55. The second-order valence-electron chi connectivity index (χ2n) is 6.14. The fraction of sp³-hybridized carbons (Fsp3) is 0.471. The number of hydrogen-bond donors (Lipinski definition) is 1. The third-order valence-corrected chi connectivity index (χ3v) is 4.55. The molecular formula is C17H21N3O3. The number of amides is 1. The molecule has 6 nitrogen and oxygen atoms in total. The van der Waals surface area contributed by atoms with Crippen LogP contribution in [0.3, 0.4) is 0 Å². The number of aromatic nitrogens is 2. The zero-order valence-corrected chi connectivity index (χ0v) is 13.2. The van der Waals surface area contributed by atoms with Crippen LogP contribution < -0.4 is 0 Å². The number of aryl methyl sites for hydroxylation is 1. The number of imidazole rings is 1. The van der Waals surface area contributed by atoms with Crippen molar-refractivity contribution in [3.05, 3.63) is 30.1 Å².